The zero-order valence-electron chi connectivity index (χ0n) is 11.3. The van der Waals surface area contributed by atoms with Gasteiger partial charge in [0.25, 0.3) is 5.89 Å². The van der Waals surface area contributed by atoms with Gasteiger partial charge in [0.1, 0.15) is 11.4 Å². The molecule has 106 valence electrons. The quantitative estimate of drug-likeness (QED) is 0.735. The van der Waals surface area contributed by atoms with Gasteiger partial charge in [-0.05, 0) is 42.8 Å². The second-order valence-electron chi connectivity index (χ2n) is 4.43. The van der Waals surface area contributed by atoms with E-state index in [2.05, 4.69) is 15.1 Å². The maximum absolute atomic E-state index is 5.97. The molecule has 0 fully saturated rings. The Morgan fingerprint density at radius 2 is 2.14 bits per heavy atom. The number of nitrogens with zero attached hydrogens (tertiary/aromatic N) is 3. The Bertz CT molecular complexity index is 744. The summed E-state index contributed by atoms with van der Waals surface area (Å²) in [5.41, 5.74) is 1.59. The van der Waals surface area contributed by atoms with Gasteiger partial charge in [-0.15, -0.1) is 0 Å². The SMILES string of the molecule is Cc1cc(OCc2noc(-c3ccccn3)n2)ccc1Cl. The highest BCUT2D eigenvalue weighted by molar-refractivity contribution is 6.31. The highest BCUT2D eigenvalue weighted by Crippen LogP contribution is 2.22. The second-order valence-corrected chi connectivity index (χ2v) is 4.84. The predicted octanol–water partition coefficient (Wildman–Crippen LogP) is 3.67. The van der Waals surface area contributed by atoms with Crippen molar-refractivity contribution >= 4 is 11.6 Å². The van der Waals surface area contributed by atoms with E-state index in [1.54, 1.807) is 24.4 Å². The molecule has 0 atom stereocenters. The minimum absolute atomic E-state index is 0.220. The molecule has 2 aromatic heterocycles. The third-order valence-corrected chi connectivity index (χ3v) is 3.27. The van der Waals surface area contributed by atoms with Gasteiger partial charge in [0, 0.05) is 11.2 Å². The zero-order valence-corrected chi connectivity index (χ0v) is 12.0. The highest BCUT2D eigenvalue weighted by Gasteiger charge is 2.10. The van der Waals surface area contributed by atoms with Crippen molar-refractivity contribution in [2.45, 2.75) is 13.5 Å². The molecule has 5 nitrogen and oxygen atoms in total. The van der Waals surface area contributed by atoms with E-state index in [1.807, 2.05) is 25.1 Å². The van der Waals surface area contributed by atoms with Crippen molar-refractivity contribution in [3.63, 3.8) is 0 Å². The average Bonchev–Trinajstić information content (AvgIpc) is 2.98. The maximum atomic E-state index is 5.97. The topological polar surface area (TPSA) is 61.0 Å². The monoisotopic (exact) mass is 301 g/mol. The van der Waals surface area contributed by atoms with E-state index in [-0.39, 0.29) is 6.61 Å². The van der Waals surface area contributed by atoms with Gasteiger partial charge < -0.3 is 9.26 Å². The summed E-state index contributed by atoms with van der Waals surface area (Å²) in [5.74, 6) is 1.55. The van der Waals surface area contributed by atoms with Crippen LogP contribution < -0.4 is 4.74 Å². The molecule has 0 amide bonds. The largest absolute Gasteiger partial charge is 0.485 e. The number of pyridine rings is 1. The molecule has 3 aromatic rings. The number of ether oxygens (including phenoxy) is 1. The summed E-state index contributed by atoms with van der Waals surface area (Å²) in [5, 5.41) is 4.58. The standard InChI is InChI=1S/C15H12ClN3O2/c1-10-8-11(5-6-12(10)16)20-9-14-18-15(21-19-14)13-4-2-3-7-17-13/h2-8H,9H2,1H3. The van der Waals surface area contributed by atoms with Crippen molar-refractivity contribution in [1.82, 2.24) is 15.1 Å². The molecule has 0 N–H and O–H groups in total. The molecule has 0 radical (unpaired) electrons. The Labute approximate surface area is 126 Å². The van der Waals surface area contributed by atoms with E-state index in [1.165, 1.54) is 0 Å². The molecule has 0 saturated heterocycles. The first-order chi connectivity index (χ1) is 10.2. The Morgan fingerprint density at radius 1 is 1.24 bits per heavy atom. The lowest BCUT2D eigenvalue weighted by Crippen LogP contribution is -1.97. The lowest BCUT2D eigenvalue weighted by Gasteiger charge is -2.05. The third-order valence-electron chi connectivity index (χ3n) is 2.85. The molecule has 0 unspecified atom stereocenters. The second kappa shape index (κ2) is 5.93. The molecule has 0 aliphatic heterocycles. The van der Waals surface area contributed by atoms with Crippen molar-refractivity contribution in [3.05, 3.63) is 59.0 Å². The van der Waals surface area contributed by atoms with Gasteiger partial charge in [-0.25, -0.2) is 0 Å². The van der Waals surface area contributed by atoms with Crippen LogP contribution in [-0.4, -0.2) is 15.1 Å². The Kier molecular flexibility index (Phi) is 3.83. The van der Waals surface area contributed by atoms with Gasteiger partial charge in [0.05, 0.1) is 0 Å². The Balaban J connectivity index is 1.69. The van der Waals surface area contributed by atoms with Gasteiger partial charge in [0.2, 0.25) is 5.82 Å². The zero-order chi connectivity index (χ0) is 14.7. The fourth-order valence-corrected chi connectivity index (χ4v) is 1.88. The maximum Gasteiger partial charge on any atom is 0.276 e. The van der Waals surface area contributed by atoms with Gasteiger partial charge in [-0.2, -0.15) is 4.98 Å². The van der Waals surface area contributed by atoms with Crippen molar-refractivity contribution in [2.24, 2.45) is 0 Å². The lowest BCUT2D eigenvalue weighted by molar-refractivity contribution is 0.287. The predicted molar refractivity (Wildman–Crippen MR) is 78.1 cm³/mol. The number of rotatable bonds is 4. The minimum atomic E-state index is 0.220. The van der Waals surface area contributed by atoms with Gasteiger partial charge in [-0.3, -0.25) is 4.98 Å². The van der Waals surface area contributed by atoms with Crippen LogP contribution in [0.5, 0.6) is 5.75 Å². The van der Waals surface area contributed by atoms with E-state index in [4.69, 9.17) is 20.9 Å². The smallest absolute Gasteiger partial charge is 0.276 e. The molecule has 0 aliphatic rings. The van der Waals surface area contributed by atoms with E-state index >= 15 is 0 Å². The van der Waals surface area contributed by atoms with Gasteiger partial charge in [0.15, 0.2) is 6.61 Å². The van der Waals surface area contributed by atoms with E-state index in [9.17, 15) is 0 Å². The summed E-state index contributed by atoms with van der Waals surface area (Å²) in [6.07, 6.45) is 1.67. The number of benzene rings is 1. The summed E-state index contributed by atoms with van der Waals surface area (Å²) in [6, 6.07) is 10.9. The normalized spacial score (nSPS) is 10.6. The minimum Gasteiger partial charge on any atom is -0.485 e. The van der Waals surface area contributed by atoms with Crippen LogP contribution in [0.25, 0.3) is 11.6 Å². The third kappa shape index (κ3) is 3.20. The van der Waals surface area contributed by atoms with Crippen molar-refractivity contribution in [1.29, 1.82) is 0 Å². The molecule has 0 bridgehead atoms. The molecule has 0 spiro atoms. The van der Waals surface area contributed by atoms with E-state index in [0.29, 0.717) is 28.2 Å². The number of hydrogen-bond acceptors (Lipinski definition) is 5. The van der Waals surface area contributed by atoms with Crippen molar-refractivity contribution in [2.75, 3.05) is 0 Å². The number of hydrogen-bond donors (Lipinski definition) is 0. The van der Waals surface area contributed by atoms with Gasteiger partial charge >= 0.3 is 0 Å². The van der Waals surface area contributed by atoms with Crippen molar-refractivity contribution < 1.29 is 9.26 Å². The Morgan fingerprint density at radius 3 is 2.90 bits per heavy atom. The van der Waals surface area contributed by atoms with Crippen LogP contribution in [0, 0.1) is 6.92 Å². The first kappa shape index (κ1) is 13.6. The van der Waals surface area contributed by atoms with Gasteiger partial charge in [-0.1, -0.05) is 22.8 Å². The summed E-state index contributed by atoms with van der Waals surface area (Å²) in [7, 11) is 0. The summed E-state index contributed by atoms with van der Waals surface area (Å²) in [6.45, 7) is 2.14. The first-order valence-corrected chi connectivity index (χ1v) is 6.73. The molecule has 1 aromatic carbocycles. The van der Waals surface area contributed by atoms with Crippen molar-refractivity contribution in [3.8, 4) is 17.3 Å². The lowest BCUT2D eigenvalue weighted by atomic mass is 10.2. The molecule has 2 heterocycles. The molecular formula is C15H12ClN3O2. The summed E-state index contributed by atoms with van der Waals surface area (Å²) in [4.78, 5) is 8.39. The summed E-state index contributed by atoms with van der Waals surface area (Å²) >= 11 is 5.97. The summed E-state index contributed by atoms with van der Waals surface area (Å²) < 4.78 is 10.8. The van der Waals surface area contributed by atoms with Crippen LogP contribution >= 0.6 is 11.6 Å². The molecule has 3 rings (SSSR count). The highest BCUT2D eigenvalue weighted by atomic mass is 35.5. The molecule has 0 saturated carbocycles. The van der Waals surface area contributed by atoms with Crippen LogP contribution in [0.4, 0.5) is 0 Å². The van der Waals surface area contributed by atoms with E-state index < -0.39 is 0 Å². The molecule has 6 heteroatoms. The Hall–Kier alpha value is -2.40. The average molecular weight is 302 g/mol. The van der Waals surface area contributed by atoms with Crippen LogP contribution in [-0.2, 0) is 6.61 Å². The number of halogens is 1. The molecular weight excluding hydrogens is 290 g/mol. The van der Waals surface area contributed by atoms with E-state index in [0.717, 1.165) is 5.56 Å². The molecule has 0 aliphatic carbocycles. The fourth-order valence-electron chi connectivity index (χ4n) is 1.76. The molecule has 21 heavy (non-hydrogen) atoms. The van der Waals surface area contributed by atoms with Crippen LogP contribution in [0.1, 0.15) is 11.4 Å². The van der Waals surface area contributed by atoms with Crippen LogP contribution in [0.2, 0.25) is 5.02 Å². The number of aromatic nitrogens is 3. The van der Waals surface area contributed by atoms with Crippen LogP contribution in [0.3, 0.4) is 0 Å². The first-order valence-electron chi connectivity index (χ1n) is 6.35. The van der Waals surface area contributed by atoms with Crippen LogP contribution in [0.15, 0.2) is 47.1 Å². The number of aryl methyl sites for hydroxylation is 1. The fraction of sp³-hybridized carbons (Fsp3) is 0.133.